The van der Waals surface area contributed by atoms with Crippen LogP contribution in [0, 0.1) is 0 Å². The molecule has 0 unspecified atom stereocenters. The SMILES string of the molecule is Nc1csc2c(B(O)O)cc(O)cc12. The summed E-state index contributed by atoms with van der Waals surface area (Å²) in [6.45, 7) is 0. The summed E-state index contributed by atoms with van der Waals surface area (Å²) in [6, 6.07) is 2.83. The van der Waals surface area contributed by atoms with Gasteiger partial charge in [0.2, 0.25) is 0 Å². The van der Waals surface area contributed by atoms with Crippen molar-refractivity contribution < 1.29 is 15.2 Å². The highest BCUT2D eigenvalue weighted by Crippen LogP contribution is 2.29. The second-order valence-corrected chi connectivity index (χ2v) is 3.86. The van der Waals surface area contributed by atoms with Crippen LogP contribution in [0.1, 0.15) is 0 Å². The maximum atomic E-state index is 9.33. The van der Waals surface area contributed by atoms with Crippen molar-refractivity contribution in [2.75, 3.05) is 5.73 Å². The predicted molar refractivity (Wildman–Crippen MR) is 57.7 cm³/mol. The van der Waals surface area contributed by atoms with Crippen molar-refractivity contribution in [3.63, 3.8) is 0 Å². The van der Waals surface area contributed by atoms with Gasteiger partial charge in [0.05, 0.1) is 5.69 Å². The Hall–Kier alpha value is -1.24. The van der Waals surface area contributed by atoms with Crippen LogP contribution in [0.5, 0.6) is 5.75 Å². The summed E-state index contributed by atoms with van der Waals surface area (Å²) in [5.41, 5.74) is 6.46. The average molecular weight is 209 g/mol. The van der Waals surface area contributed by atoms with Crippen LogP contribution < -0.4 is 11.2 Å². The second-order valence-electron chi connectivity index (χ2n) is 2.98. The van der Waals surface area contributed by atoms with Gasteiger partial charge in [-0.1, -0.05) is 0 Å². The first kappa shape index (κ1) is 9.33. The molecule has 0 bridgehead atoms. The predicted octanol–water partition coefficient (Wildman–Crippen LogP) is -0.131. The fourth-order valence-corrected chi connectivity index (χ4v) is 2.34. The molecule has 0 aliphatic carbocycles. The molecule has 0 aliphatic rings. The van der Waals surface area contributed by atoms with Crippen LogP contribution in [0.3, 0.4) is 0 Å². The Morgan fingerprint density at radius 2 is 2.00 bits per heavy atom. The highest BCUT2D eigenvalue weighted by Gasteiger charge is 2.18. The van der Waals surface area contributed by atoms with Crippen molar-refractivity contribution in [3.05, 3.63) is 17.5 Å². The van der Waals surface area contributed by atoms with Crippen LogP contribution in [0.25, 0.3) is 10.1 Å². The van der Waals surface area contributed by atoms with E-state index in [9.17, 15) is 5.11 Å². The molecular formula is C8H8BNO3S. The molecule has 2 rings (SSSR count). The van der Waals surface area contributed by atoms with Gasteiger partial charge in [0.15, 0.2) is 0 Å². The molecule has 0 saturated heterocycles. The zero-order valence-corrected chi connectivity index (χ0v) is 7.95. The molecule has 2 aromatic rings. The van der Waals surface area contributed by atoms with Gasteiger partial charge < -0.3 is 20.9 Å². The molecular weight excluding hydrogens is 201 g/mol. The molecule has 1 aromatic heterocycles. The molecule has 14 heavy (non-hydrogen) atoms. The minimum Gasteiger partial charge on any atom is -0.508 e. The number of anilines is 1. The van der Waals surface area contributed by atoms with Crippen LogP contribution in [0.4, 0.5) is 5.69 Å². The van der Waals surface area contributed by atoms with Gasteiger partial charge in [-0.25, -0.2) is 0 Å². The first-order valence-electron chi connectivity index (χ1n) is 3.95. The standard InChI is InChI=1S/C8H8BNO3S/c10-7-3-14-8-5(7)1-4(11)2-6(8)9(12)13/h1-3,11-13H,10H2. The zero-order valence-electron chi connectivity index (χ0n) is 7.14. The Balaban J connectivity index is 2.82. The highest BCUT2D eigenvalue weighted by atomic mass is 32.1. The molecule has 0 radical (unpaired) electrons. The van der Waals surface area contributed by atoms with Gasteiger partial charge in [0, 0.05) is 20.9 Å². The summed E-state index contributed by atoms with van der Waals surface area (Å²) in [5.74, 6) is -0.0225. The van der Waals surface area contributed by atoms with E-state index < -0.39 is 7.12 Å². The molecule has 72 valence electrons. The molecule has 0 fully saturated rings. The number of hydrogen-bond donors (Lipinski definition) is 4. The molecule has 0 saturated carbocycles. The molecule has 4 nitrogen and oxygen atoms in total. The highest BCUT2D eigenvalue weighted by molar-refractivity contribution is 7.19. The largest absolute Gasteiger partial charge is 0.508 e. The van der Waals surface area contributed by atoms with E-state index in [2.05, 4.69) is 0 Å². The number of phenols is 1. The lowest BCUT2D eigenvalue weighted by Gasteiger charge is -2.02. The number of nitrogens with two attached hydrogens (primary N) is 1. The van der Waals surface area contributed by atoms with Crippen molar-refractivity contribution in [3.8, 4) is 5.75 Å². The van der Waals surface area contributed by atoms with Crippen molar-refractivity contribution in [1.29, 1.82) is 0 Å². The smallest absolute Gasteiger partial charge is 0.490 e. The average Bonchev–Trinajstić information content (AvgIpc) is 2.47. The maximum Gasteiger partial charge on any atom is 0.490 e. The molecule has 5 N–H and O–H groups in total. The lowest BCUT2D eigenvalue weighted by molar-refractivity contribution is 0.425. The van der Waals surface area contributed by atoms with Crippen LogP contribution in [0.15, 0.2) is 17.5 Å². The number of hydrogen-bond acceptors (Lipinski definition) is 5. The molecule has 0 atom stereocenters. The molecule has 0 aliphatic heterocycles. The van der Waals surface area contributed by atoms with E-state index in [1.807, 2.05) is 0 Å². The number of thiophene rings is 1. The number of fused-ring (bicyclic) bond motifs is 1. The quantitative estimate of drug-likeness (QED) is 0.492. The van der Waals surface area contributed by atoms with Crippen molar-refractivity contribution >= 4 is 39.7 Å². The summed E-state index contributed by atoms with van der Waals surface area (Å²) in [6.07, 6.45) is 0. The van der Waals surface area contributed by atoms with Gasteiger partial charge in [0.1, 0.15) is 5.75 Å². The lowest BCUT2D eigenvalue weighted by atomic mass is 9.79. The van der Waals surface area contributed by atoms with Gasteiger partial charge in [-0.05, 0) is 12.1 Å². The Labute approximate surface area is 84.4 Å². The third-order valence-corrected chi connectivity index (χ3v) is 3.06. The number of phenolic OH excluding ortho intramolecular Hbond substituents is 1. The van der Waals surface area contributed by atoms with E-state index >= 15 is 0 Å². The van der Waals surface area contributed by atoms with E-state index in [0.717, 1.165) is 0 Å². The molecule has 1 aromatic carbocycles. The van der Waals surface area contributed by atoms with Crippen LogP contribution in [-0.4, -0.2) is 22.3 Å². The fraction of sp³-hybridized carbons (Fsp3) is 0. The van der Waals surface area contributed by atoms with Gasteiger partial charge in [-0.3, -0.25) is 0 Å². The summed E-state index contributed by atoms with van der Waals surface area (Å²) < 4.78 is 0.690. The maximum absolute atomic E-state index is 9.33. The first-order chi connectivity index (χ1) is 6.59. The monoisotopic (exact) mass is 209 g/mol. The van der Waals surface area contributed by atoms with Crippen molar-refractivity contribution in [1.82, 2.24) is 0 Å². The minimum atomic E-state index is -1.59. The molecule has 0 spiro atoms. The van der Waals surface area contributed by atoms with E-state index in [0.29, 0.717) is 15.8 Å². The van der Waals surface area contributed by atoms with E-state index in [-0.39, 0.29) is 11.2 Å². The first-order valence-corrected chi connectivity index (χ1v) is 4.83. The third kappa shape index (κ3) is 1.33. The summed E-state index contributed by atoms with van der Waals surface area (Å²) in [5, 5.41) is 29.8. The van der Waals surface area contributed by atoms with E-state index in [1.54, 1.807) is 5.38 Å². The Bertz CT molecular complexity index is 483. The Morgan fingerprint density at radius 3 is 2.64 bits per heavy atom. The normalized spacial score (nSPS) is 10.7. The van der Waals surface area contributed by atoms with Crippen molar-refractivity contribution in [2.45, 2.75) is 0 Å². The van der Waals surface area contributed by atoms with Gasteiger partial charge in [-0.15, -0.1) is 11.3 Å². The van der Waals surface area contributed by atoms with Crippen LogP contribution in [0.2, 0.25) is 0 Å². The Kier molecular flexibility index (Phi) is 2.11. The second kappa shape index (κ2) is 3.16. The van der Waals surface area contributed by atoms with Gasteiger partial charge in [0.25, 0.3) is 0 Å². The van der Waals surface area contributed by atoms with Gasteiger partial charge >= 0.3 is 7.12 Å². The van der Waals surface area contributed by atoms with Crippen LogP contribution in [-0.2, 0) is 0 Å². The summed E-state index contributed by atoms with van der Waals surface area (Å²) in [7, 11) is -1.59. The lowest BCUT2D eigenvalue weighted by Crippen LogP contribution is -2.29. The van der Waals surface area contributed by atoms with E-state index in [4.69, 9.17) is 15.8 Å². The van der Waals surface area contributed by atoms with Gasteiger partial charge in [-0.2, -0.15) is 0 Å². The summed E-state index contributed by atoms with van der Waals surface area (Å²) in [4.78, 5) is 0. The summed E-state index contributed by atoms with van der Waals surface area (Å²) >= 11 is 1.32. The molecule has 6 heteroatoms. The minimum absolute atomic E-state index is 0.0225. The number of benzene rings is 1. The third-order valence-electron chi connectivity index (χ3n) is 2.00. The zero-order chi connectivity index (χ0) is 10.3. The van der Waals surface area contributed by atoms with Crippen molar-refractivity contribution in [2.24, 2.45) is 0 Å². The van der Waals surface area contributed by atoms with Crippen LogP contribution >= 0.6 is 11.3 Å². The molecule has 1 heterocycles. The molecule has 0 amide bonds. The number of aromatic hydroxyl groups is 1. The fourth-order valence-electron chi connectivity index (χ4n) is 1.36. The number of nitrogen functional groups attached to an aromatic ring is 1. The Morgan fingerprint density at radius 1 is 1.29 bits per heavy atom. The number of rotatable bonds is 1. The van der Waals surface area contributed by atoms with E-state index in [1.165, 1.54) is 23.5 Å². The topological polar surface area (TPSA) is 86.7 Å².